The Morgan fingerprint density at radius 3 is 2.55 bits per heavy atom. The van der Waals surface area contributed by atoms with E-state index in [4.69, 9.17) is 4.74 Å². The number of para-hydroxylation sites is 2. The number of nitrogens with one attached hydrogen (secondary N) is 1. The van der Waals surface area contributed by atoms with Crippen molar-refractivity contribution in [2.75, 3.05) is 12.0 Å². The highest BCUT2D eigenvalue weighted by Crippen LogP contribution is 2.45. The molecule has 1 aliphatic heterocycles. The van der Waals surface area contributed by atoms with Crippen molar-refractivity contribution >= 4 is 34.0 Å². The van der Waals surface area contributed by atoms with Crippen LogP contribution in [0.1, 0.15) is 22.7 Å². The van der Waals surface area contributed by atoms with E-state index in [9.17, 15) is 14.7 Å². The van der Waals surface area contributed by atoms with E-state index in [0.717, 1.165) is 22.0 Å². The molecule has 6 heteroatoms. The van der Waals surface area contributed by atoms with Gasteiger partial charge in [-0.15, -0.1) is 0 Å². The van der Waals surface area contributed by atoms with Crippen LogP contribution in [0.4, 0.5) is 5.69 Å². The average molecular weight is 438 g/mol. The molecule has 5 rings (SSSR count). The highest BCUT2D eigenvalue weighted by atomic mass is 16.5. The summed E-state index contributed by atoms with van der Waals surface area (Å²) in [5.41, 5.74) is 3.54. The van der Waals surface area contributed by atoms with E-state index in [2.05, 4.69) is 4.98 Å². The molecule has 2 N–H and O–H groups in total. The molecule has 0 spiro atoms. The zero-order valence-corrected chi connectivity index (χ0v) is 18.2. The fraction of sp³-hybridized carbons (Fsp3) is 0.111. The van der Waals surface area contributed by atoms with E-state index in [1.165, 1.54) is 12.0 Å². The number of aliphatic hydroxyl groups is 1. The van der Waals surface area contributed by atoms with Gasteiger partial charge in [-0.25, -0.2) is 0 Å². The predicted molar refractivity (Wildman–Crippen MR) is 127 cm³/mol. The Morgan fingerprint density at radius 2 is 1.76 bits per heavy atom. The van der Waals surface area contributed by atoms with E-state index in [1.807, 2.05) is 55.5 Å². The van der Waals surface area contributed by atoms with Gasteiger partial charge in [0.1, 0.15) is 11.5 Å². The van der Waals surface area contributed by atoms with Gasteiger partial charge in [-0.05, 0) is 36.8 Å². The van der Waals surface area contributed by atoms with Crippen molar-refractivity contribution in [2.45, 2.75) is 13.0 Å². The lowest BCUT2D eigenvalue weighted by Crippen LogP contribution is -2.30. The minimum atomic E-state index is -0.798. The van der Waals surface area contributed by atoms with E-state index in [1.54, 1.807) is 30.5 Å². The number of anilines is 1. The topological polar surface area (TPSA) is 82.6 Å². The molecule has 1 aromatic heterocycles. The second kappa shape index (κ2) is 7.98. The number of rotatable bonds is 4. The summed E-state index contributed by atoms with van der Waals surface area (Å²) in [6.45, 7) is 1.89. The van der Waals surface area contributed by atoms with Gasteiger partial charge in [0.25, 0.3) is 11.7 Å². The van der Waals surface area contributed by atoms with Crippen molar-refractivity contribution in [3.05, 3.63) is 101 Å². The zero-order valence-electron chi connectivity index (χ0n) is 18.2. The standard InChI is InChI=1S/C27H22N2O4/c1-16-8-3-6-13-22(16)29-24(20-15-28-21-12-5-4-11-19(20)21)23(26(31)27(29)32)25(30)17-9-7-10-18(14-17)33-2/h3-15,24,28,30H,1-2H3/b25-23+. The Labute approximate surface area is 190 Å². The molecule has 33 heavy (non-hydrogen) atoms. The molecule has 164 valence electrons. The summed E-state index contributed by atoms with van der Waals surface area (Å²) >= 11 is 0. The molecule has 1 fully saturated rings. The molecule has 0 aliphatic carbocycles. The van der Waals surface area contributed by atoms with Crippen LogP contribution in [0, 0.1) is 6.92 Å². The second-order valence-corrected chi connectivity index (χ2v) is 7.98. The Bertz CT molecular complexity index is 1430. The van der Waals surface area contributed by atoms with Gasteiger partial charge in [0.2, 0.25) is 0 Å². The number of amides is 1. The Kier molecular flexibility index (Phi) is 4.98. The third-order valence-electron chi connectivity index (χ3n) is 6.08. The van der Waals surface area contributed by atoms with E-state index in [-0.39, 0.29) is 11.3 Å². The molecule has 1 unspecified atom stereocenters. The monoisotopic (exact) mass is 438 g/mol. The van der Waals surface area contributed by atoms with Crippen LogP contribution >= 0.6 is 0 Å². The zero-order chi connectivity index (χ0) is 23.1. The maximum Gasteiger partial charge on any atom is 0.300 e. The van der Waals surface area contributed by atoms with E-state index < -0.39 is 17.7 Å². The second-order valence-electron chi connectivity index (χ2n) is 7.98. The van der Waals surface area contributed by atoms with Gasteiger partial charge in [0.15, 0.2) is 0 Å². The maximum atomic E-state index is 13.4. The third-order valence-corrected chi connectivity index (χ3v) is 6.08. The molecule has 6 nitrogen and oxygen atoms in total. The number of aryl methyl sites for hydroxylation is 1. The smallest absolute Gasteiger partial charge is 0.300 e. The van der Waals surface area contributed by atoms with Crippen LogP contribution in [0.25, 0.3) is 16.7 Å². The quantitative estimate of drug-likeness (QED) is 0.263. The summed E-state index contributed by atoms with van der Waals surface area (Å²) in [7, 11) is 1.53. The number of fused-ring (bicyclic) bond motifs is 1. The van der Waals surface area contributed by atoms with Crippen molar-refractivity contribution < 1.29 is 19.4 Å². The molecule has 2 heterocycles. The number of aliphatic hydroxyl groups excluding tert-OH is 1. The van der Waals surface area contributed by atoms with Gasteiger partial charge in [0, 0.05) is 33.9 Å². The Balaban J connectivity index is 1.80. The molecule has 1 atom stereocenters. The Hall–Kier alpha value is -4.32. The predicted octanol–water partition coefficient (Wildman–Crippen LogP) is 5.11. The summed E-state index contributed by atoms with van der Waals surface area (Å²) < 4.78 is 5.28. The van der Waals surface area contributed by atoms with Crippen LogP contribution in [0.2, 0.25) is 0 Å². The number of carbonyl (C=O) groups excluding carboxylic acids is 2. The number of carbonyl (C=O) groups is 2. The number of nitrogens with zero attached hydrogens (tertiary/aromatic N) is 1. The minimum Gasteiger partial charge on any atom is -0.507 e. The van der Waals surface area contributed by atoms with Crippen molar-refractivity contribution in [1.29, 1.82) is 0 Å². The first-order chi connectivity index (χ1) is 16.0. The van der Waals surface area contributed by atoms with Crippen molar-refractivity contribution in [3.63, 3.8) is 0 Å². The lowest BCUT2D eigenvalue weighted by Gasteiger charge is -2.26. The van der Waals surface area contributed by atoms with Gasteiger partial charge in [0.05, 0.1) is 18.7 Å². The van der Waals surface area contributed by atoms with E-state index >= 15 is 0 Å². The van der Waals surface area contributed by atoms with Crippen LogP contribution in [-0.4, -0.2) is 28.9 Å². The van der Waals surface area contributed by atoms with Crippen LogP contribution in [-0.2, 0) is 9.59 Å². The molecular formula is C27H22N2O4. The number of hydrogen-bond acceptors (Lipinski definition) is 4. The fourth-order valence-electron chi connectivity index (χ4n) is 4.46. The third kappa shape index (κ3) is 3.27. The number of ketones is 1. The number of aromatic nitrogens is 1. The van der Waals surface area contributed by atoms with Gasteiger partial charge in [-0.3, -0.25) is 14.5 Å². The molecular weight excluding hydrogens is 416 g/mol. The van der Waals surface area contributed by atoms with E-state index in [0.29, 0.717) is 17.0 Å². The molecule has 4 aromatic rings. The molecule has 1 saturated heterocycles. The first-order valence-corrected chi connectivity index (χ1v) is 10.6. The summed E-state index contributed by atoms with van der Waals surface area (Å²) in [6, 6.07) is 21.1. The summed E-state index contributed by atoms with van der Waals surface area (Å²) in [5, 5.41) is 12.2. The first kappa shape index (κ1) is 20.6. The highest BCUT2D eigenvalue weighted by molar-refractivity contribution is 6.52. The first-order valence-electron chi connectivity index (χ1n) is 10.6. The molecule has 1 amide bonds. The number of Topliss-reactive ketones (excluding diaryl/α,β-unsaturated/α-hetero) is 1. The number of benzene rings is 3. The van der Waals surface area contributed by atoms with Crippen molar-refractivity contribution in [2.24, 2.45) is 0 Å². The number of hydrogen-bond donors (Lipinski definition) is 2. The van der Waals surface area contributed by atoms with Crippen molar-refractivity contribution in [1.82, 2.24) is 4.98 Å². The van der Waals surface area contributed by atoms with Gasteiger partial charge < -0.3 is 14.8 Å². The Morgan fingerprint density at radius 1 is 1.00 bits per heavy atom. The number of aromatic amines is 1. The molecule has 1 aliphatic rings. The SMILES string of the molecule is COc1cccc(/C(O)=C2\C(=O)C(=O)N(c3ccccc3C)C2c2c[nH]c3ccccc23)c1. The summed E-state index contributed by atoms with van der Waals surface area (Å²) in [6.07, 6.45) is 1.80. The lowest BCUT2D eigenvalue weighted by atomic mass is 9.94. The minimum absolute atomic E-state index is 0.0428. The molecule has 0 saturated carbocycles. The van der Waals surface area contributed by atoms with Crippen LogP contribution in [0.15, 0.2) is 84.6 Å². The van der Waals surface area contributed by atoms with Crippen LogP contribution < -0.4 is 9.64 Å². The highest BCUT2D eigenvalue weighted by Gasteiger charge is 2.48. The van der Waals surface area contributed by atoms with Gasteiger partial charge >= 0.3 is 0 Å². The summed E-state index contributed by atoms with van der Waals surface area (Å²) in [4.78, 5) is 31.4. The van der Waals surface area contributed by atoms with Gasteiger partial charge in [-0.1, -0.05) is 48.5 Å². The van der Waals surface area contributed by atoms with Crippen LogP contribution in [0.3, 0.4) is 0 Å². The molecule has 0 radical (unpaired) electrons. The average Bonchev–Trinajstić information content (AvgIpc) is 3.38. The number of ether oxygens (including phenoxy) is 1. The lowest BCUT2D eigenvalue weighted by molar-refractivity contribution is -0.132. The largest absolute Gasteiger partial charge is 0.507 e. The normalized spacial score (nSPS) is 17.6. The van der Waals surface area contributed by atoms with Crippen molar-refractivity contribution in [3.8, 4) is 5.75 Å². The number of H-pyrrole nitrogens is 1. The fourth-order valence-corrected chi connectivity index (χ4v) is 4.46. The number of methoxy groups -OCH3 is 1. The molecule has 0 bridgehead atoms. The summed E-state index contributed by atoms with van der Waals surface area (Å²) in [5.74, 6) is -1.10. The molecule has 3 aromatic carbocycles. The van der Waals surface area contributed by atoms with Crippen LogP contribution in [0.5, 0.6) is 5.75 Å². The maximum absolute atomic E-state index is 13.4. The van der Waals surface area contributed by atoms with Gasteiger partial charge in [-0.2, -0.15) is 0 Å².